The van der Waals surface area contributed by atoms with Gasteiger partial charge < -0.3 is 5.32 Å². The molecule has 0 amide bonds. The van der Waals surface area contributed by atoms with Gasteiger partial charge in [-0.1, -0.05) is 37.3 Å². The predicted octanol–water partition coefficient (Wildman–Crippen LogP) is 3.92. The van der Waals surface area contributed by atoms with Gasteiger partial charge in [-0.15, -0.1) is 10.2 Å². The molecule has 5 heteroatoms. The highest BCUT2D eigenvalue weighted by atomic mass is 32.1. The Morgan fingerprint density at radius 1 is 1.20 bits per heavy atom. The maximum absolute atomic E-state index is 13.1. The fraction of sp³-hybridized carbons (Fsp3) is 0.467. The zero-order valence-electron chi connectivity index (χ0n) is 12.1. The number of anilines is 1. The Labute approximate surface area is 123 Å². The molecule has 1 N–H and O–H groups in total. The lowest BCUT2D eigenvalue weighted by Gasteiger charge is -2.12. The van der Waals surface area contributed by atoms with Crippen LogP contribution in [0.1, 0.15) is 31.3 Å². The largest absolute Gasteiger partial charge is 0.357 e. The first-order chi connectivity index (χ1) is 9.52. The highest BCUT2D eigenvalue weighted by Crippen LogP contribution is 2.19. The second-order valence-corrected chi connectivity index (χ2v) is 6.54. The number of hydrogen-bond donors (Lipinski definition) is 1. The summed E-state index contributed by atoms with van der Waals surface area (Å²) in [6, 6.07) is 6.90. The van der Waals surface area contributed by atoms with Gasteiger partial charge in [0.2, 0.25) is 5.13 Å². The highest BCUT2D eigenvalue weighted by molar-refractivity contribution is 7.15. The fourth-order valence-electron chi connectivity index (χ4n) is 2.02. The molecule has 1 unspecified atom stereocenters. The van der Waals surface area contributed by atoms with Crippen LogP contribution >= 0.6 is 11.3 Å². The van der Waals surface area contributed by atoms with E-state index in [2.05, 4.69) is 36.3 Å². The van der Waals surface area contributed by atoms with E-state index in [1.54, 1.807) is 23.5 Å². The Morgan fingerprint density at radius 2 is 2.00 bits per heavy atom. The standard InChI is InChI=1S/C15H20FN3S/c1-10(2)7-14-18-19-15(20-14)17-11(3)8-12-5-4-6-13(16)9-12/h4-6,9-11H,7-8H2,1-3H3,(H,17,19). The highest BCUT2D eigenvalue weighted by Gasteiger charge is 2.09. The third-order valence-corrected chi connectivity index (χ3v) is 3.73. The van der Waals surface area contributed by atoms with Gasteiger partial charge in [0.1, 0.15) is 10.8 Å². The van der Waals surface area contributed by atoms with Gasteiger partial charge >= 0.3 is 0 Å². The molecule has 0 saturated carbocycles. The van der Waals surface area contributed by atoms with Crippen LogP contribution in [-0.4, -0.2) is 16.2 Å². The van der Waals surface area contributed by atoms with Crippen LogP contribution in [0.3, 0.4) is 0 Å². The summed E-state index contributed by atoms with van der Waals surface area (Å²) in [5.74, 6) is 0.394. The van der Waals surface area contributed by atoms with Crippen LogP contribution in [0, 0.1) is 11.7 Å². The first-order valence-corrected chi connectivity index (χ1v) is 7.68. The van der Waals surface area contributed by atoms with E-state index < -0.39 is 0 Å². The van der Waals surface area contributed by atoms with Crippen LogP contribution in [0.2, 0.25) is 0 Å². The third kappa shape index (κ3) is 4.56. The van der Waals surface area contributed by atoms with E-state index in [1.165, 1.54) is 6.07 Å². The van der Waals surface area contributed by atoms with Gasteiger partial charge in [-0.2, -0.15) is 0 Å². The summed E-state index contributed by atoms with van der Waals surface area (Å²) in [5.41, 5.74) is 0.983. The van der Waals surface area contributed by atoms with Gasteiger partial charge in [-0.3, -0.25) is 0 Å². The van der Waals surface area contributed by atoms with Crippen molar-refractivity contribution in [2.24, 2.45) is 5.92 Å². The lowest BCUT2D eigenvalue weighted by atomic mass is 10.1. The number of nitrogens with zero attached hydrogens (tertiary/aromatic N) is 2. The average Bonchev–Trinajstić information content (AvgIpc) is 2.75. The topological polar surface area (TPSA) is 37.8 Å². The number of aromatic nitrogens is 2. The molecule has 108 valence electrons. The lowest BCUT2D eigenvalue weighted by Crippen LogP contribution is -2.17. The summed E-state index contributed by atoms with van der Waals surface area (Å²) in [5, 5.41) is 13.5. The monoisotopic (exact) mass is 293 g/mol. The molecule has 0 aliphatic heterocycles. The summed E-state index contributed by atoms with van der Waals surface area (Å²) >= 11 is 1.60. The van der Waals surface area contributed by atoms with Crippen molar-refractivity contribution in [1.82, 2.24) is 10.2 Å². The van der Waals surface area contributed by atoms with E-state index >= 15 is 0 Å². The van der Waals surface area contributed by atoms with Crippen LogP contribution in [0.5, 0.6) is 0 Å². The van der Waals surface area contributed by atoms with Crippen molar-refractivity contribution >= 4 is 16.5 Å². The molecule has 1 heterocycles. The van der Waals surface area contributed by atoms with Crippen molar-refractivity contribution in [2.45, 2.75) is 39.7 Å². The Morgan fingerprint density at radius 3 is 2.70 bits per heavy atom. The lowest BCUT2D eigenvalue weighted by molar-refractivity contribution is 0.624. The molecule has 0 spiro atoms. The minimum Gasteiger partial charge on any atom is -0.357 e. The number of nitrogens with one attached hydrogen (secondary N) is 1. The molecule has 0 saturated heterocycles. The first-order valence-electron chi connectivity index (χ1n) is 6.86. The molecule has 3 nitrogen and oxygen atoms in total. The Hall–Kier alpha value is -1.49. The van der Waals surface area contributed by atoms with E-state index in [1.807, 2.05) is 6.07 Å². The van der Waals surface area contributed by atoms with Crippen molar-refractivity contribution in [3.05, 3.63) is 40.7 Å². The number of rotatable bonds is 6. The van der Waals surface area contributed by atoms with Crippen LogP contribution in [0.15, 0.2) is 24.3 Å². The SMILES string of the molecule is CC(C)Cc1nnc(NC(C)Cc2cccc(F)c2)s1. The molecule has 2 aromatic rings. The Balaban J connectivity index is 1.91. The molecule has 0 aliphatic carbocycles. The maximum Gasteiger partial charge on any atom is 0.205 e. The molecule has 20 heavy (non-hydrogen) atoms. The van der Waals surface area contributed by atoms with E-state index in [0.29, 0.717) is 5.92 Å². The Kier molecular flexibility index (Phi) is 5.06. The summed E-state index contributed by atoms with van der Waals surface area (Å²) in [4.78, 5) is 0. The smallest absolute Gasteiger partial charge is 0.205 e. The molecule has 1 atom stereocenters. The van der Waals surface area contributed by atoms with Gasteiger partial charge in [0.15, 0.2) is 0 Å². The molecular formula is C15H20FN3S. The van der Waals surface area contributed by atoms with Crippen LogP contribution in [0.25, 0.3) is 0 Å². The van der Waals surface area contributed by atoms with Crippen molar-refractivity contribution in [3.8, 4) is 0 Å². The van der Waals surface area contributed by atoms with Crippen molar-refractivity contribution < 1.29 is 4.39 Å². The predicted molar refractivity (Wildman–Crippen MR) is 81.6 cm³/mol. The molecule has 1 aromatic carbocycles. The second kappa shape index (κ2) is 6.79. The number of halogens is 1. The van der Waals surface area contributed by atoms with Gasteiger partial charge in [0.05, 0.1) is 0 Å². The minimum absolute atomic E-state index is 0.190. The second-order valence-electron chi connectivity index (χ2n) is 5.48. The molecule has 0 fully saturated rings. The molecule has 2 rings (SSSR count). The maximum atomic E-state index is 13.1. The molecule has 1 aromatic heterocycles. The number of benzene rings is 1. The first kappa shape index (κ1) is 14.9. The van der Waals surface area contributed by atoms with Gasteiger partial charge in [0.25, 0.3) is 0 Å². The van der Waals surface area contributed by atoms with Crippen LogP contribution in [-0.2, 0) is 12.8 Å². The molecule has 0 bridgehead atoms. The zero-order valence-corrected chi connectivity index (χ0v) is 12.9. The summed E-state index contributed by atoms with van der Waals surface area (Å²) in [6.07, 6.45) is 1.72. The average molecular weight is 293 g/mol. The molecular weight excluding hydrogens is 273 g/mol. The zero-order chi connectivity index (χ0) is 14.5. The number of hydrogen-bond acceptors (Lipinski definition) is 4. The summed E-state index contributed by atoms with van der Waals surface area (Å²) < 4.78 is 13.1. The van der Waals surface area contributed by atoms with E-state index in [-0.39, 0.29) is 11.9 Å². The Bertz CT molecular complexity index is 554. The molecule has 0 radical (unpaired) electrons. The summed E-state index contributed by atoms with van der Waals surface area (Å²) in [6.45, 7) is 6.40. The van der Waals surface area contributed by atoms with E-state index in [4.69, 9.17) is 0 Å². The quantitative estimate of drug-likeness (QED) is 0.877. The normalized spacial score (nSPS) is 12.7. The van der Waals surface area contributed by atoms with Gasteiger partial charge in [-0.25, -0.2) is 4.39 Å². The third-order valence-electron chi connectivity index (χ3n) is 2.85. The summed E-state index contributed by atoms with van der Waals surface area (Å²) in [7, 11) is 0. The van der Waals surface area contributed by atoms with Gasteiger partial charge in [-0.05, 0) is 37.0 Å². The molecule has 0 aliphatic rings. The van der Waals surface area contributed by atoms with Gasteiger partial charge in [0, 0.05) is 12.5 Å². The van der Waals surface area contributed by atoms with E-state index in [9.17, 15) is 4.39 Å². The fourth-order valence-corrected chi connectivity index (χ4v) is 3.09. The van der Waals surface area contributed by atoms with Crippen LogP contribution in [0.4, 0.5) is 9.52 Å². The van der Waals surface area contributed by atoms with Crippen molar-refractivity contribution in [2.75, 3.05) is 5.32 Å². The van der Waals surface area contributed by atoms with Crippen molar-refractivity contribution in [1.29, 1.82) is 0 Å². The van der Waals surface area contributed by atoms with Crippen molar-refractivity contribution in [3.63, 3.8) is 0 Å². The van der Waals surface area contributed by atoms with Crippen LogP contribution < -0.4 is 5.32 Å². The van der Waals surface area contributed by atoms with E-state index in [0.717, 1.165) is 28.5 Å². The minimum atomic E-state index is -0.190.